The van der Waals surface area contributed by atoms with E-state index in [1.165, 1.54) is 11.6 Å². The number of nitrogens with zero attached hydrogens (tertiary/aromatic N) is 1. The number of hydrogen-bond acceptors (Lipinski definition) is 1. The maximum atomic E-state index is 13.5. The van der Waals surface area contributed by atoms with E-state index in [0.717, 1.165) is 39.1 Å². The van der Waals surface area contributed by atoms with Crippen LogP contribution in [-0.2, 0) is 0 Å². The standard InChI is InChI=1S/C29H20FN/c30-28-8-4-7-27(20-28)23-12-10-21(11-13-23)25-5-3-6-26(19-25)22-14-16-24(17-15-22)29-9-1-2-18-31-29/h1-20H. The van der Waals surface area contributed by atoms with Crippen molar-refractivity contribution in [2.24, 2.45) is 0 Å². The molecule has 0 amide bonds. The summed E-state index contributed by atoms with van der Waals surface area (Å²) in [4.78, 5) is 4.42. The number of aromatic nitrogens is 1. The molecular weight excluding hydrogens is 381 g/mol. The minimum absolute atomic E-state index is 0.219. The molecule has 0 aliphatic heterocycles. The van der Waals surface area contributed by atoms with Crippen LogP contribution in [0.3, 0.4) is 0 Å². The smallest absolute Gasteiger partial charge is 0.123 e. The molecule has 0 atom stereocenters. The van der Waals surface area contributed by atoms with E-state index in [4.69, 9.17) is 0 Å². The molecule has 5 rings (SSSR count). The molecule has 0 aliphatic rings. The molecule has 0 aliphatic carbocycles. The third kappa shape index (κ3) is 4.15. The molecule has 0 unspecified atom stereocenters. The molecule has 0 N–H and O–H groups in total. The van der Waals surface area contributed by atoms with E-state index in [9.17, 15) is 4.39 Å². The average Bonchev–Trinajstić information content (AvgIpc) is 2.85. The highest BCUT2D eigenvalue weighted by Gasteiger charge is 2.05. The van der Waals surface area contributed by atoms with Crippen LogP contribution in [0.5, 0.6) is 0 Å². The van der Waals surface area contributed by atoms with Gasteiger partial charge in [0.05, 0.1) is 5.69 Å². The Balaban J connectivity index is 1.41. The zero-order valence-corrected chi connectivity index (χ0v) is 16.9. The van der Waals surface area contributed by atoms with Gasteiger partial charge in [0.1, 0.15) is 5.82 Å². The van der Waals surface area contributed by atoms with E-state index < -0.39 is 0 Å². The predicted molar refractivity (Wildman–Crippen MR) is 126 cm³/mol. The van der Waals surface area contributed by atoms with Crippen LogP contribution in [0, 0.1) is 5.82 Å². The van der Waals surface area contributed by atoms with Gasteiger partial charge < -0.3 is 0 Å². The van der Waals surface area contributed by atoms with Gasteiger partial charge in [-0.05, 0) is 63.7 Å². The van der Waals surface area contributed by atoms with Crippen molar-refractivity contribution in [3.8, 4) is 44.6 Å². The molecule has 1 heterocycles. The van der Waals surface area contributed by atoms with Gasteiger partial charge in [-0.3, -0.25) is 4.98 Å². The van der Waals surface area contributed by atoms with Crippen LogP contribution >= 0.6 is 0 Å². The van der Waals surface area contributed by atoms with Gasteiger partial charge in [-0.15, -0.1) is 0 Å². The van der Waals surface area contributed by atoms with E-state index in [1.807, 2.05) is 42.6 Å². The number of pyridine rings is 1. The van der Waals surface area contributed by atoms with Crippen molar-refractivity contribution in [1.29, 1.82) is 0 Å². The SMILES string of the molecule is Fc1cccc(-c2ccc(-c3cccc(-c4ccc(-c5ccccn5)cc4)c3)cc2)c1. The van der Waals surface area contributed by atoms with Gasteiger partial charge in [0.25, 0.3) is 0 Å². The molecule has 1 nitrogen and oxygen atoms in total. The third-order valence-electron chi connectivity index (χ3n) is 5.42. The second kappa shape index (κ2) is 8.37. The third-order valence-corrected chi connectivity index (χ3v) is 5.42. The molecule has 0 radical (unpaired) electrons. The van der Waals surface area contributed by atoms with Crippen LogP contribution in [0.15, 0.2) is 121 Å². The van der Waals surface area contributed by atoms with E-state index >= 15 is 0 Å². The van der Waals surface area contributed by atoms with Gasteiger partial charge in [0.15, 0.2) is 0 Å². The van der Waals surface area contributed by atoms with Crippen LogP contribution in [0.4, 0.5) is 4.39 Å². The molecule has 0 bridgehead atoms. The highest BCUT2D eigenvalue weighted by atomic mass is 19.1. The lowest BCUT2D eigenvalue weighted by Gasteiger charge is -2.09. The fourth-order valence-electron chi connectivity index (χ4n) is 3.77. The lowest BCUT2D eigenvalue weighted by atomic mass is 9.96. The summed E-state index contributed by atoms with van der Waals surface area (Å²) in [5.41, 5.74) is 8.58. The lowest BCUT2D eigenvalue weighted by molar-refractivity contribution is 0.628. The normalized spacial score (nSPS) is 10.7. The molecule has 0 fully saturated rings. The highest BCUT2D eigenvalue weighted by molar-refractivity contribution is 5.76. The first-order chi connectivity index (χ1) is 15.3. The second-order valence-electron chi connectivity index (χ2n) is 7.46. The Bertz CT molecular complexity index is 1310. The summed E-state index contributed by atoms with van der Waals surface area (Å²) in [7, 11) is 0. The summed E-state index contributed by atoms with van der Waals surface area (Å²) in [6, 6.07) is 37.9. The molecule has 1 aromatic heterocycles. The summed E-state index contributed by atoms with van der Waals surface area (Å²) < 4.78 is 13.5. The first-order valence-corrected chi connectivity index (χ1v) is 10.2. The van der Waals surface area contributed by atoms with Crippen molar-refractivity contribution < 1.29 is 4.39 Å². The molecular formula is C29H20FN. The zero-order valence-electron chi connectivity index (χ0n) is 16.9. The van der Waals surface area contributed by atoms with Crippen LogP contribution in [-0.4, -0.2) is 4.98 Å². The quantitative estimate of drug-likeness (QED) is 0.298. The van der Waals surface area contributed by atoms with Gasteiger partial charge >= 0.3 is 0 Å². The van der Waals surface area contributed by atoms with Crippen molar-refractivity contribution >= 4 is 0 Å². The summed E-state index contributed by atoms with van der Waals surface area (Å²) in [6.45, 7) is 0. The van der Waals surface area contributed by atoms with Crippen molar-refractivity contribution in [3.63, 3.8) is 0 Å². The molecule has 4 aromatic carbocycles. The molecule has 0 spiro atoms. The van der Waals surface area contributed by atoms with Crippen LogP contribution < -0.4 is 0 Å². The molecule has 5 aromatic rings. The van der Waals surface area contributed by atoms with Crippen molar-refractivity contribution in [2.45, 2.75) is 0 Å². The van der Waals surface area contributed by atoms with Crippen molar-refractivity contribution in [3.05, 3.63) is 127 Å². The Kier molecular flexibility index (Phi) is 5.12. The second-order valence-corrected chi connectivity index (χ2v) is 7.46. The van der Waals surface area contributed by atoms with E-state index in [-0.39, 0.29) is 5.82 Å². The maximum absolute atomic E-state index is 13.5. The fourth-order valence-corrected chi connectivity index (χ4v) is 3.77. The predicted octanol–water partition coefficient (Wildman–Crippen LogP) is 7.89. The van der Waals surface area contributed by atoms with Crippen LogP contribution in [0.1, 0.15) is 0 Å². The van der Waals surface area contributed by atoms with E-state index in [1.54, 1.807) is 12.1 Å². The summed E-state index contributed by atoms with van der Waals surface area (Å²) in [6.07, 6.45) is 1.81. The summed E-state index contributed by atoms with van der Waals surface area (Å²) >= 11 is 0. The number of hydrogen-bond donors (Lipinski definition) is 0. The number of rotatable bonds is 4. The largest absolute Gasteiger partial charge is 0.256 e. The number of halogens is 1. The van der Waals surface area contributed by atoms with Gasteiger partial charge in [-0.1, -0.05) is 84.9 Å². The average molecular weight is 401 g/mol. The Morgan fingerprint density at radius 3 is 1.45 bits per heavy atom. The van der Waals surface area contributed by atoms with Gasteiger partial charge in [-0.25, -0.2) is 4.39 Å². The van der Waals surface area contributed by atoms with Crippen molar-refractivity contribution in [1.82, 2.24) is 4.98 Å². The highest BCUT2D eigenvalue weighted by Crippen LogP contribution is 2.30. The van der Waals surface area contributed by atoms with Gasteiger partial charge in [-0.2, -0.15) is 0 Å². The molecule has 0 saturated carbocycles. The van der Waals surface area contributed by atoms with Gasteiger partial charge in [0.2, 0.25) is 0 Å². The number of benzene rings is 4. The minimum atomic E-state index is -0.219. The van der Waals surface area contributed by atoms with Crippen LogP contribution in [0.25, 0.3) is 44.6 Å². The fraction of sp³-hybridized carbons (Fsp3) is 0. The maximum Gasteiger partial charge on any atom is 0.123 e. The van der Waals surface area contributed by atoms with Crippen LogP contribution in [0.2, 0.25) is 0 Å². The molecule has 148 valence electrons. The Morgan fingerprint density at radius 1 is 0.419 bits per heavy atom. The topological polar surface area (TPSA) is 12.9 Å². The van der Waals surface area contributed by atoms with Crippen molar-refractivity contribution in [2.75, 3.05) is 0 Å². The van der Waals surface area contributed by atoms with E-state index in [0.29, 0.717) is 0 Å². The Morgan fingerprint density at radius 2 is 0.935 bits per heavy atom. The monoisotopic (exact) mass is 401 g/mol. The van der Waals surface area contributed by atoms with Gasteiger partial charge in [0, 0.05) is 11.8 Å². The summed E-state index contributed by atoms with van der Waals surface area (Å²) in [5.74, 6) is -0.219. The first-order valence-electron chi connectivity index (χ1n) is 10.2. The Labute approximate surface area is 181 Å². The summed E-state index contributed by atoms with van der Waals surface area (Å²) in [5, 5.41) is 0. The first kappa shape index (κ1) is 19.0. The minimum Gasteiger partial charge on any atom is -0.256 e. The Hall–Kier alpha value is -4.04. The zero-order chi connectivity index (χ0) is 21.0. The molecule has 0 saturated heterocycles. The molecule has 31 heavy (non-hydrogen) atoms. The van der Waals surface area contributed by atoms with E-state index in [2.05, 4.69) is 65.6 Å². The molecule has 2 heteroatoms. The lowest BCUT2D eigenvalue weighted by Crippen LogP contribution is -1.85.